The van der Waals surface area contributed by atoms with Crippen molar-refractivity contribution in [3.05, 3.63) is 40.6 Å². The van der Waals surface area contributed by atoms with Crippen LogP contribution in [0.4, 0.5) is 0 Å². The van der Waals surface area contributed by atoms with Gasteiger partial charge in [0, 0.05) is 24.0 Å². The molecule has 8 nitrogen and oxygen atoms in total. The number of benzene rings is 1. The lowest BCUT2D eigenvalue weighted by atomic mass is 9.78. The highest BCUT2D eigenvalue weighted by atomic mass is 32.1. The summed E-state index contributed by atoms with van der Waals surface area (Å²) in [5.74, 6) is -3.34. The summed E-state index contributed by atoms with van der Waals surface area (Å²) in [7, 11) is 0. The van der Waals surface area contributed by atoms with Gasteiger partial charge in [-0.05, 0) is 18.6 Å². The van der Waals surface area contributed by atoms with E-state index in [9.17, 15) is 19.2 Å². The highest BCUT2D eigenvalue weighted by Crippen LogP contribution is 2.59. The Hall–Kier alpha value is -2.94. The molecule has 2 aliphatic carbocycles. The fourth-order valence-electron chi connectivity index (χ4n) is 4.75. The van der Waals surface area contributed by atoms with E-state index in [1.54, 1.807) is 12.1 Å². The van der Waals surface area contributed by atoms with E-state index in [0.29, 0.717) is 16.7 Å². The summed E-state index contributed by atoms with van der Waals surface area (Å²) in [6.45, 7) is 3.37. The second-order valence-electron chi connectivity index (χ2n) is 7.11. The van der Waals surface area contributed by atoms with Crippen LogP contribution in [0, 0.1) is 23.7 Å². The Kier molecular flexibility index (Phi) is 3.70. The molecule has 2 heterocycles. The Labute approximate surface area is 161 Å². The van der Waals surface area contributed by atoms with Crippen molar-refractivity contribution in [3.63, 3.8) is 0 Å². The average Bonchev–Trinajstić information content (AvgIpc) is 3.36. The van der Waals surface area contributed by atoms with Crippen LogP contribution in [0.15, 0.2) is 40.1 Å². The molecule has 6 atom stereocenters. The predicted octanol–water partition coefficient (Wildman–Crippen LogP) is 1.67. The third-order valence-electron chi connectivity index (χ3n) is 5.76. The Morgan fingerprint density at radius 2 is 2.07 bits per heavy atom. The van der Waals surface area contributed by atoms with Crippen molar-refractivity contribution in [2.75, 3.05) is 0 Å². The molecule has 28 heavy (non-hydrogen) atoms. The van der Waals surface area contributed by atoms with Gasteiger partial charge in [0.2, 0.25) is 0 Å². The van der Waals surface area contributed by atoms with Crippen LogP contribution in [0.3, 0.4) is 0 Å². The second-order valence-corrected chi connectivity index (χ2v) is 8.08. The number of rotatable bonds is 4. The Morgan fingerprint density at radius 1 is 1.25 bits per heavy atom. The molecule has 1 aromatic heterocycles. The molecular formula is C19H14O8S. The zero-order valence-electron chi connectivity index (χ0n) is 14.4. The van der Waals surface area contributed by atoms with Crippen molar-refractivity contribution in [2.24, 2.45) is 23.7 Å². The lowest BCUT2D eigenvalue weighted by Gasteiger charge is -2.29. The van der Waals surface area contributed by atoms with E-state index in [-0.39, 0.29) is 17.6 Å². The third kappa shape index (κ3) is 2.42. The average molecular weight is 402 g/mol. The van der Waals surface area contributed by atoms with Crippen molar-refractivity contribution in [3.8, 4) is 5.75 Å². The minimum absolute atomic E-state index is 0.171. The Bertz CT molecular complexity index is 1080. The first-order chi connectivity index (χ1) is 13.5. The standard InChI is InChI=1S/C19H14O8S/c1-2-12(20)26-15-8-6-9-14(18(22)27-16(9)15)13(8)17(21)24-7-3-4-11-10(5-7)25-19(23)28-11/h2-5,8-9,13-16H,1,6H2. The molecule has 3 fully saturated rings. The van der Waals surface area contributed by atoms with E-state index < -0.39 is 46.9 Å². The Balaban J connectivity index is 1.41. The van der Waals surface area contributed by atoms with Gasteiger partial charge in [0.05, 0.1) is 16.5 Å². The molecule has 1 saturated heterocycles. The minimum atomic E-state index is -0.760. The zero-order valence-corrected chi connectivity index (χ0v) is 15.2. The summed E-state index contributed by atoms with van der Waals surface area (Å²) in [5, 5.41) is 0. The summed E-state index contributed by atoms with van der Waals surface area (Å²) >= 11 is 0.952. The highest BCUT2D eigenvalue weighted by molar-refractivity contribution is 7.16. The second kappa shape index (κ2) is 6.03. The Morgan fingerprint density at radius 3 is 2.86 bits per heavy atom. The van der Waals surface area contributed by atoms with Crippen LogP contribution in [0.25, 0.3) is 10.3 Å². The van der Waals surface area contributed by atoms with Crippen molar-refractivity contribution in [1.82, 2.24) is 0 Å². The topological polar surface area (TPSA) is 109 Å². The largest absolute Gasteiger partial charge is 0.458 e. The van der Waals surface area contributed by atoms with Gasteiger partial charge in [0.25, 0.3) is 0 Å². The van der Waals surface area contributed by atoms with Crippen LogP contribution in [-0.4, -0.2) is 30.1 Å². The van der Waals surface area contributed by atoms with E-state index in [0.717, 1.165) is 17.4 Å². The molecular weight excluding hydrogens is 388 g/mol. The van der Waals surface area contributed by atoms with Crippen LogP contribution >= 0.6 is 11.3 Å². The van der Waals surface area contributed by atoms with Crippen molar-refractivity contribution in [1.29, 1.82) is 0 Å². The molecule has 2 aromatic rings. The van der Waals surface area contributed by atoms with Crippen LogP contribution in [0.1, 0.15) is 6.42 Å². The number of esters is 3. The first-order valence-corrected chi connectivity index (χ1v) is 9.57. The van der Waals surface area contributed by atoms with E-state index in [1.807, 2.05) is 0 Å². The highest BCUT2D eigenvalue weighted by Gasteiger charge is 2.70. The monoisotopic (exact) mass is 402 g/mol. The normalized spacial score (nSPS) is 32.4. The molecule has 6 unspecified atom stereocenters. The summed E-state index contributed by atoms with van der Waals surface area (Å²) in [6.07, 6.45) is 0.381. The number of carbonyl (C=O) groups is 3. The number of fused-ring (bicyclic) bond motifs is 2. The summed E-state index contributed by atoms with van der Waals surface area (Å²) in [5.41, 5.74) is 0.325. The van der Waals surface area contributed by atoms with Gasteiger partial charge in [-0.2, -0.15) is 0 Å². The number of ether oxygens (including phenoxy) is 3. The first kappa shape index (κ1) is 17.2. The molecule has 144 valence electrons. The third-order valence-corrected chi connectivity index (χ3v) is 6.56. The van der Waals surface area contributed by atoms with E-state index in [1.165, 1.54) is 6.07 Å². The SMILES string of the molecule is C=CC(=O)OC1C2CC3C1OC(=O)C3C2C(=O)Oc1ccc2sc(=O)oc2c1. The summed E-state index contributed by atoms with van der Waals surface area (Å²) in [4.78, 5) is 47.8. The van der Waals surface area contributed by atoms with E-state index >= 15 is 0 Å². The summed E-state index contributed by atoms with van der Waals surface area (Å²) in [6, 6.07) is 4.65. The van der Waals surface area contributed by atoms with Gasteiger partial charge in [-0.1, -0.05) is 17.9 Å². The number of hydrogen-bond donors (Lipinski definition) is 0. The van der Waals surface area contributed by atoms with Crippen LogP contribution in [0.2, 0.25) is 0 Å². The van der Waals surface area contributed by atoms with Crippen LogP contribution in [0.5, 0.6) is 5.75 Å². The molecule has 2 bridgehead atoms. The van der Waals surface area contributed by atoms with Crippen molar-refractivity contribution in [2.45, 2.75) is 18.6 Å². The van der Waals surface area contributed by atoms with Crippen LogP contribution in [-0.2, 0) is 23.9 Å². The molecule has 0 amide bonds. The lowest BCUT2D eigenvalue weighted by molar-refractivity contribution is -0.159. The molecule has 1 aromatic carbocycles. The van der Waals surface area contributed by atoms with Gasteiger partial charge in [-0.3, -0.25) is 9.59 Å². The van der Waals surface area contributed by atoms with Gasteiger partial charge in [0.1, 0.15) is 18.0 Å². The molecule has 0 radical (unpaired) electrons. The fraction of sp³-hybridized carbons (Fsp3) is 0.368. The van der Waals surface area contributed by atoms with Gasteiger partial charge in [-0.15, -0.1) is 0 Å². The molecule has 2 saturated carbocycles. The van der Waals surface area contributed by atoms with Gasteiger partial charge in [0.15, 0.2) is 5.58 Å². The lowest BCUT2D eigenvalue weighted by Crippen LogP contribution is -2.44. The zero-order chi connectivity index (χ0) is 19.6. The van der Waals surface area contributed by atoms with Gasteiger partial charge in [-0.25, -0.2) is 9.59 Å². The van der Waals surface area contributed by atoms with E-state index in [4.69, 9.17) is 18.6 Å². The molecule has 0 N–H and O–H groups in total. The maximum absolute atomic E-state index is 12.9. The van der Waals surface area contributed by atoms with E-state index in [2.05, 4.69) is 6.58 Å². The maximum Gasteiger partial charge on any atom is 0.396 e. The predicted molar refractivity (Wildman–Crippen MR) is 94.5 cm³/mol. The molecule has 9 heteroatoms. The first-order valence-electron chi connectivity index (χ1n) is 8.75. The quantitative estimate of drug-likeness (QED) is 0.432. The summed E-state index contributed by atoms with van der Waals surface area (Å²) < 4.78 is 21.9. The van der Waals surface area contributed by atoms with Crippen molar-refractivity contribution < 1.29 is 33.0 Å². The minimum Gasteiger partial charge on any atom is -0.458 e. The number of carbonyl (C=O) groups excluding carboxylic acids is 3. The molecule has 0 spiro atoms. The molecule has 3 aliphatic rings. The molecule has 1 aliphatic heterocycles. The van der Waals surface area contributed by atoms with Gasteiger partial charge >= 0.3 is 22.8 Å². The molecule has 5 rings (SSSR count). The van der Waals surface area contributed by atoms with Crippen molar-refractivity contribution >= 4 is 39.5 Å². The van der Waals surface area contributed by atoms with Gasteiger partial charge < -0.3 is 18.6 Å². The number of hydrogen-bond acceptors (Lipinski definition) is 9. The van der Waals surface area contributed by atoms with Crippen LogP contribution < -0.4 is 9.68 Å². The maximum atomic E-state index is 12.9. The fourth-order valence-corrected chi connectivity index (χ4v) is 5.40. The smallest absolute Gasteiger partial charge is 0.396 e.